The number of halogens is 2. The molecule has 0 fully saturated rings. The zero-order valence-corrected chi connectivity index (χ0v) is 11.6. The maximum Gasteiger partial charge on any atom is 0.341 e. The van der Waals surface area contributed by atoms with Gasteiger partial charge in [-0.3, -0.25) is 0 Å². The topological polar surface area (TPSA) is 55.4 Å². The fourth-order valence-electron chi connectivity index (χ4n) is 1.53. The Morgan fingerprint density at radius 2 is 1.95 bits per heavy atom. The molecule has 0 saturated carbocycles. The second kappa shape index (κ2) is 6.81. The predicted molar refractivity (Wildman–Crippen MR) is 69.2 cm³/mol. The Bertz CT molecular complexity index is 505. The van der Waals surface area contributed by atoms with Gasteiger partial charge in [-0.25, -0.2) is 8.42 Å². The lowest BCUT2D eigenvalue weighted by Crippen LogP contribution is -2.23. The molecule has 0 aliphatic carbocycles. The van der Waals surface area contributed by atoms with E-state index in [1.807, 2.05) is 6.92 Å². The second-order valence-corrected chi connectivity index (χ2v) is 5.89. The standard InChI is InChI=1S/C12H17F2NO3S/c1-3-18-8-9(2)15-10-6-4-5-7-11(10)19(16,17)12(13)14/h4-7,9,12,15H,3,8H2,1-2H3. The van der Waals surface area contributed by atoms with Gasteiger partial charge in [-0.05, 0) is 26.0 Å². The number of nitrogens with one attached hydrogen (secondary N) is 1. The second-order valence-electron chi connectivity index (χ2n) is 4.01. The lowest BCUT2D eigenvalue weighted by Gasteiger charge is -2.17. The number of anilines is 1. The molecular weight excluding hydrogens is 276 g/mol. The van der Waals surface area contributed by atoms with E-state index >= 15 is 0 Å². The number of hydrogen-bond donors (Lipinski definition) is 1. The van der Waals surface area contributed by atoms with Crippen molar-refractivity contribution in [2.45, 2.75) is 30.5 Å². The van der Waals surface area contributed by atoms with Gasteiger partial charge in [0.1, 0.15) is 0 Å². The Kier molecular flexibility index (Phi) is 5.68. The molecule has 0 spiro atoms. The van der Waals surface area contributed by atoms with Crippen LogP contribution in [0, 0.1) is 0 Å². The molecule has 4 nitrogen and oxygen atoms in total. The molecule has 0 aliphatic rings. The van der Waals surface area contributed by atoms with E-state index in [2.05, 4.69) is 5.32 Å². The summed E-state index contributed by atoms with van der Waals surface area (Å²) < 4.78 is 53.4. The third kappa shape index (κ3) is 4.14. The predicted octanol–water partition coefficient (Wildman–Crippen LogP) is 2.52. The Morgan fingerprint density at radius 1 is 1.32 bits per heavy atom. The van der Waals surface area contributed by atoms with Crippen molar-refractivity contribution in [3.63, 3.8) is 0 Å². The summed E-state index contributed by atoms with van der Waals surface area (Å²) in [5.74, 6) is -3.43. The number of hydrogen-bond acceptors (Lipinski definition) is 4. The van der Waals surface area contributed by atoms with Crippen molar-refractivity contribution in [3.8, 4) is 0 Å². The zero-order chi connectivity index (χ0) is 14.5. The Morgan fingerprint density at radius 3 is 2.53 bits per heavy atom. The fourth-order valence-corrected chi connectivity index (χ4v) is 2.43. The van der Waals surface area contributed by atoms with Crippen molar-refractivity contribution in [2.75, 3.05) is 18.5 Å². The molecule has 1 aromatic rings. The van der Waals surface area contributed by atoms with Crippen molar-refractivity contribution in [2.24, 2.45) is 0 Å². The van der Waals surface area contributed by atoms with Gasteiger partial charge < -0.3 is 10.1 Å². The summed E-state index contributed by atoms with van der Waals surface area (Å²) in [4.78, 5) is -0.395. The van der Waals surface area contributed by atoms with Crippen LogP contribution in [-0.2, 0) is 14.6 Å². The van der Waals surface area contributed by atoms with Crippen LogP contribution in [0.15, 0.2) is 29.2 Å². The van der Waals surface area contributed by atoms with Gasteiger partial charge in [0.2, 0.25) is 9.84 Å². The van der Waals surface area contributed by atoms with Gasteiger partial charge in [0, 0.05) is 12.6 Å². The van der Waals surface area contributed by atoms with Gasteiger partial charge in [0.25, 0.3) is 0 Å². The lowest BCUT2D eigenvalue weighted by molar-refractivity contribution is 0.141. The molecule has 0 bridgehead atoms. The molecule has 1 unspecified atom stereocenters. The molecule has 0 heterocycles. The smallest absolute Gasteiger partial charge is 0.341 e. The van der Waals surface area contributed by atoms with E-state index in [0.717, 1.165) is 6.07 Å². The van der Waals surface area contributed by atoms with Gasteiger partial charge in [-0.1, -0.05) is 12.1 Å². The number of para-hydroxylation sites is 1. The van der Waals surface area contributed by atoms with E-state index in [0.29, 0.717) is 13.2 Å². The van der Waals surface area contributed by atoms with E-state index in [1.54, 1.807) is 13.0 Å². The molecule has 1 rings (SSSR count). The maximum absolute atomic E-state index is 12.6. The molecule has 0 radical (unpaired) electrons. The summed E-state index contributed by atoms with van der Waals surface area (Å²) in [7, 11) is -4.61. The first-order chi connectivity index (χ1) is 8.89. The molecule has 0 saturated heterocycles. The minimum Gasteiger partial charge on any atom is -0.380 e. The van der Waals surface area contributed by atoms with Gasteiger partial charge >= 0.3 is 5.76 Å². The molecule has 1 atom stereocenters. The highest BCUT2D eigenvalue weighted by Gasteiger charge is 2.29. The molecule has 0 aromatic heterocycles. The Hall–Kier alpha value is -1.21. The normalized spacial score (nSPS) is 13.5. The minimum atomic E-state index is -4.61. The van der Waals surface area contributed by atoms with E-state index < -0.39 is 20.5 Å². The molecular formula is C12H17F2NO3S. The molecule has 0 amide bonds. The van der Waals surface area contributed by atoms with Crippen LogP contribution in [0.1, 0.15) is 13.8 Å². The van der Waals surface area contributed by atoms with Crippen LogP contribution in [0.25, 0.3) is 0 Å². The summed E-state index contributed by atoms with van der Waals surface area (Å²) in [5, 5.41) is 2.87. The van der Waals surface area contributed by atoms with Crippen LogP contribution < -0.4 is 5.32 Å². The van der Waals surface area contributed by atoms with Crippen LogP contribution in [0.4, 0.5) is 14.5 Å². The van der Waals surface area contributed by atoms with Crippen LogP contribution in [0.2, 0.25) is 0 Å². The van der Waals surface area contributed by atoms with Crippen LogP contribution >= 0.6 is 0 Å². The average molecular weight is 293 g/mol. The van der Waals surface area contributed by atoms with Crippen molar-refractivity contribution in [1.82, 2.24) is 0 Å². The van der Waals surface area contributed by atoms with Gasteiger partial charge in [0.05, 0.1) is 17.2 Å². The highest BCUT2D eigenvalue weighted by atomic mass is 32.2. The number of sulfone groups is 1. The Balaban J connectivity index is 2.97. The van der Waals surface area contributed by atoms with Crippen LogP contribution in [0.5, 0.6) is 0 Å². The number of benzene rings is 1. The van der Waals surface area contributed by atoms with Crippen molar-refractivity contribution >= 4 is 15.5 Å². The van der Waals surface area contributed by atoms with Crippen LogP contribution in [0.3, 0.4) is 0 Å². The summed E-state index contributed by atoms with van der Waals surface area (Å²) in [6, 6.07) is 5.43. The first kappa shape index (κ1) is 15.8. The molecule has 108 valence electrons. The molecule has 1 aromatic carbocycles. The van der Waals surface area contributed by atoms with Gasteiger partial charge in [-0.15, -0.1) is 0 Å². The van der Waals surface area contributed by atoms with Gasteiger partial charge in [-0.2, -0.15) is 8.78 Å². The van der Waals surface area contributed by atoms with Crippen molar-refractivity contribution in [1.29, 1.82) is 0 Å². The van der Waals surface area contributed by atoms with E-state index in [9.17, 15) is 17.2 Å². The number of rotatable bonds is 7. The van der Waals surface area contributed by atoms with E-state index in [4.69, 9.17) is 4.74 Å². The van der Waals surface area contributed by atoms with Crippen molar-refractivity contribution in [3.05, 3.63) is 24.3 Å². The molecule has 7 heteroatoms. The largest absolute Gasteiger partial charge is 0.380 e. The van der Waals surface area contributed by atoms with E-state index in [-0.39, 0.29) is 11.7 Å². The number of alkyl halides is 2. The third-order valence-electron chi connectivity index (χ3n) is 2.40. The Labute approximate surface area is 111 Å². The fraction of sp³-hybridized carbons (Fsp3) is 0.500. The first-order valence-corrected chi connectivity index (χ1v) is 7.39. The van der Waals surface area contributed by atoms with Gasteiger partial charge in [0.15, 0.2) is 0 Å². The summed E-state index contributed by atoms with van der Waals surface area (Å²) in [6.07, 6.45) is 0. The lowest BCUT2D eigenvalue weighted by atomic mass is 10.3. The molecule has 1 N–H and O–H groups in total. The zero-order valence-electron chi connectivity index (χ0n) is 10.8. The molecule has 0 aliphatic heterocycles. The SMILES string of the molecule is CCOCC(C)Nc1ccccc1S(=O)(=O)C(F)F. The molecule has 19 heavy (non-hydrogen) atoms. The highest BCUT2D eigenvalue weighted by molar-refractivity contribution is 7.91. The summed E-state index contributed by atoms with van der Waals surface area (Å²) >= 11 is 0. The maximum atomic E-state index is 12.6. The summed E-state index contributed by atoms with van der Waals surface area (Å²) in [5.41, 5.74) is 0.162. The number of ether oxygens (including phenoxy) is 1. The quantitative estimate of drug-likeness (QED) is 0.839. The first-order valence-electron chi connectivity index (χ1n) is 5.85. The highest BCUT2D eigenvalue weighted by Crippen LogP contribution is 2.26. The average Bonchev–Trinajstić information content (AvgIpc) is 2.36. The van der Waals surface area contributed by atoms with E-state index in [1.165, 1.54) is 12.1 Å². The van der Waals surface area contributed by atoms with Crippen molar-refractivity contribution < 1.29 is 21.9 Å². The monoisotopic (exact) mass is 293 g/mol. The summed E-state index contributed by atoms with van der Waals surface area (Å²) in [6.45, 7) is 4.51. The minimum absolute atomic E-state index is 0.162. The third-order valence-corrected chi connectivity index (χ3v) is 3.84. The van der Waals surface area contributed by atoms with Crippen LogP contribution in [-0.4, -0.2) is 33.4 Å².